The van der Waals surface area contributed by atoms with Gasteiger partial charge in [-0.1, -0.05) is 62.4 Å². The molecule has 0 saturated carbocycles. The van der Waals surface area contributed by atoms with Crippen LogP contribution in [0.5, 0.6) is 5.75 Å². The number of aliphatic hydroxyl groups excluding tert-OH is 1. The number of carboxylic acids is 1. The van der Waals surface area contributed by atoms with Crippen molar-refractivity contribution in [1.82, 2.24) is 10.2 Å². The summed E-state index contributed by atoms with van der Waals surface area (Å²) in [5, 5.41) is 25.0. The number of nitrogens with one attached hydrogen (secondary N) is 1. The van der Waals surface area contributed by atoms with E-state index in [2.05, 4.69) is 5.32 Å². The molecule has 0 radical (unpaired) electrons. The van der Waals surface area contributed by atoms with Crippen LogP contribution in [0.3, 0.4) is 0 Å². The van der Waals surface area contributed by atoms with Crippen molar-refractivity contribution in [3.05, 3.63) is 77.4 Å². The molecule has 3 aromatic rings. The van der Waals surface area contributed by atoms with Crippen LogP contribution in [0.25, 0.3) is 10.8 Å². The summed E-state index contributed by atoms with van der Waals surface area (Å²) in [6.07, 6.45) is 1.49. The molecule has 3 N–H and O–H groups in total. The summed E-state index contributed by atoms with van der Waals surface area (Å²) in [4.78, 5) is 39.0. The highest BCUT2D eigenvalue weighted by Crippen LogP contribution is 2.26. The van der Waals surface area contributed by atoms with Crippen molar-refractivity contribution in [3.63, 3.8) is 0 Å². The minimum atomic E-state index is -1.59. The molecule has 1 aliphatic carbocycles. The van der Waals surface area contributed by atoms with Gasteiger partial charge in [0.1, 0.15) is 11.8 Å². The normalized spacial score (nSPS) is 14.1. The van der Waals surface area contributed by atoms with Gasteiger partial charge in [0.05, 0.1) is 6.54 Å². The zero-order valence-corrected chi connectivity index (χ0v) is 21.7. The fourth-order valence-corrected chi connectivity index (χ4v) is 4.80. The number of ether oxygens (including phenoxy) is 1. The summed E-state index contributed by atoms with van der Waals surface area (Å²) < 4.78 is 5.38. The van der Waals surface area contributed by atoms with Crippen LogP contribution in [-0.2, 0) is 28.9 Å². The second-order valence-electron chi connectivity index (χ2n) is 10.2. The first-order valence-corrected chi connectivity index (χ1v) is 13.0. The van der Waals surface area contributed by atoms with Crippen molar-refractivity contribution in [2.24, 2.45) is 5.92 Å². The summed E-state index contributed by atoms with van der Waals surface area (Å²) in [5.41, 5.74) is 3.14. The largest absolute Gasteiger partial charge is 0.480 e. The maximum Gasteiger partial charge on any atom is 0.342 e. The van der Waals surface area contributed by atoms with Crippen LogP contribution in [0, 0.1) is 5.92 Å². The van der Waals surface area contributed by atoms with E-state index in [1.807, 2.05) is 68.4 Å². The van der Waals surface area contributed by atoms with Gasteiger partial charge in [0.2, 0.25) is 0 Å². The van der Waals surface area contributed by atoms with Gasteiger partial charge in [-0.2, -0.15) is 0 Å². The van der Waals surface area contributed by atoms with Crippen molar-refractivity contribution in [1.29, 1.82) is 0 Å². The van der Waals surface area contributed by atoms with E-state index in [0.29, 0.717) is 5.75 Å². The Morgan fingerprint density at radius 2 is 1.68 bits per heavy atom. The topological polar surface area (TPSA) is 116 Å². The maximum absolute atomic E-state index is 13.1. The molecule has 0 spiro atoms. The number of amides is 2. The number of carbonyl (C=O) groups is 3. The molecular weight excluding hydrogens is 484 g/mol. The number of hydrogen-bond donors (Lipinski definition) is 3. The quantitative estimate of drug-likeness (QED) is 0.276. The average molecular weight is 519 g/mol. The van der Waals surface area contributed by atoms with Gasteiger partial charge in [-0.15, -0.1) is 0 Å². The highest BCUT2D eigenvalue weighted by atomic mass is 16.5. The Balaban J connectivity index is 1.41. The van der Waals surface area contributed by atoms with Crippen molar-refractivity contribution >= 4 is 28.7 Å². The third kappa shape index (κ3) is 6.89. The van der Waals surface area contributed by atoms with Gasteiger partial charge in [-0.05, 0) is 64.8 Å². The van der Waals surface area contributed by atoms with E-state index in [1.165, 1.54) is 10.5 Å². The molecule has 1 aliphatic rings. The maximum atomic E-state index is 13.1. The third-order valence-electron chi connectivity index (χ3n) is 6.68. The van der Waals surface area contributed by atoms with E-state index in [1.54, 1.807) is 6.07 Å². The van der Waals surface area contributed by atoms with Crippen molar-refractivity contribution in [2.45, 2.75) is 51.7 Å². The molecule has 4 rings (SSSR count). The molecule has 1 unspecified atom stereocenters. The van der Waals surface area contributed by atoms with Crippen molar-refractivity contribution in [2.75, 3.05) is 13.1 Å². The fourth-order valence-electron chi connectivity index (χ4n) is 4.80. The van der Waals surface area contributed by atoms with Gasteiger partial charge in [0.15, 0.2) is 6.10 Å². The predicted octanol–water partition coefficient (Wildman–Crippen LogP) is 3.96. The summed E-state index contributed by atoms with van der Waals surface area (Å²) in [6.45, 7) is 3.67. The summed E-state index contributed by atoms with van der Waals surface area (Å²) in [7, 11) is 0. The first-order valence-electron chi connectivity index (χ1n) is 13.0. The number of esters is 1. The van der Waals surface area contributed by atoms with Crippen LogP contribution >= 0.6 is 0 Å². The van der Waals surface area contributed by atoms with Crippen LogP contribution in [0.15, 0.2) is 60.7 Å². The number of carbonyl (C=O) groups excluding carboxylic acids is 2. The van der Waals surface area contributed by atoms with Crippen LogP contribution in [0.2, 0.25) is 0 Å². The lowest BCUT2D eigenvalue weighted by molar-refractivity contribution is -0.144. The molecule has 38 heavy (non-hydrogen) atoms. The van der Waals surface area contributed by atoms with Gasteiger partial charge in [-0.25, -0.2) is 14.4 Å². The van der Waals surface area contributed by atoms with Gasteiger partial charge in [0, 0.05) is 13.0 Å². The van der Waals surface area contributed by atoms with Gasteiger partial charge in [0.25, 0.3) is 0 Å². The monoisotopic (exact) mass is 518 g/mol. The Hall–Kier alpha value is -3.91. The lowest BCUT2D eigenvalue weighted by atomic mass is 10.0. The fraction of sp³-hybridized carbons (Fsp3) is 0.367. The Labute approximate surface area is 222 Å². The molecule has 0 saturated heterocycles. The van der Waals surface area contributed by atoms with Gasteiger partial charge < -0.3 is 25.2 Å². The number of nitrogens with zero attached hydrogens (tertiary/aromatic N) is 1. The van der Waals surface area contributed by atoms with E-state index in [-0.39, 0.29) is 25.4 Å². The third-order valence-corrected chi connectivity index (χ3v) is 6.68. The molecule has 0 bridgehead atoms. The molecular formula is C30H34N2O6. The van der Waals surface area contributed by atoms with E-state index in [4.69, 9.17) is 4.74 Å². The number of rotatable bonds is 10. The smallest absolute Gasteiger partial charge is 0.342 e. The second-order valence-corrected chi connectivity index (χ2v) is 10.2. The van der Waals surface area contributed by atoms with Gasteiger partial charge in [-0.3, -0.25) is 0 Å². The number of benzene rings is 3. The number of aliphatic carboxylic acids is 1. The zero-order chi connectivity index (χ0) is 27.2. The summed E-state index contributed by atoms with van der Waals surface area (Å²) in [5.74, 6) is -1.66. The minimum absolute atomic E-state index is 0.0180. The Bertz CT molecular complexity index is 1320. The molecule has 0 aliphatic heterocycles. The lowest BCUT2D eigenvalue weighted by Crippen LogP contribution is -2.52. The highest BCUT2D eigenvalue weighted by molar-refractivity contribution is 5.85. The van der Waals surface area contributed by atoms with Crippen LogP contribution in [0.1, 0.15) is 37.0 Å². The number of carboxylic acid groups (broad SMARTS) is 1. The predicted molar refractivity (Wildman–Crippen MR) is 144 cm³/mol. The molecule has 0 heterocycles. The van der Waals surface area contributed by atoms with E-state index in [0.717, 1.165) is 41.2 Å². The van der Waals surface area contributed by atoms with Crippen LogP contribution < -0.4 is 10.1 Å². The lowest BCUT2D eigenvalue weighted by Gasteiger charge is -2.28. The average Bonchev–Trinajstić information content (AvgIpc) is 3.35. The molecule has 200 valence electrons. The zero-order valence-electron chi connectivity index (χ0n) is 21.7. The molecule has 2 atom stereocenters. The first kappa shape index (κ1) is 27.1. The first-order chi connectivity index (χ1) is 18.2. The highest BCUT2D eigenvalue weighted by Gasteiger charge is 2.28. The second kappa shape index (κ2) is 12.1. The molecule has 3 aromatic carbocycles. The van der Waals surface area contributed by atoms with Crippen molar-refractivity contribution < 1.29 is 29.3 Å². The molecule has 8 nitrogen and oxygen atoms in total. The molecule has 0 fully saturated rings. The number of hydrogen-bond acceptors (Lipinski definition) is 5. The standard InChI is InChI=1S/C30H34N2O6/c1-19(2)17-32(18-27(33)29(36)38-25-13-12-22-8-5-9-24(22)16-25)30(37)31-26(28(34)35)15-20-10-11-21-6-3-4-7-23(21)14-20/h3-4,6-7,10-14,16,19,26-27,33H,5,8-9,15,17-18H2,1-2H3,(H,31,37)(H,34,35)/t26-,27?/m0/s1. The number of aliphatic hydroxyl groups is 1. The van der Waals surface area contributed by atoms with E-state index in [9.17, 15) is 24.6 Å². The Kier molecular flexibility index (Phi) is 8.63. The summed E-state index contributed by atoms with van der Waals surface area (Å²) in [6, 6.07) is 17.0. The minimum Gasteiger partial charge on any atom is -0.480 e. The van der Waals surface area contributed by atoms with E-state index < -0.39 is 30.1 Å². The Morgan fingerprint density at radius 1 is 0.947 bits per heavy atom. The van der Waals surface area contributed by atoms with Crippen molar-refractivity contribution in [3.8, 4) is 5.75 Å². The number of urea groups is 1. The van der Waals surface area contributed by atoms with E-state index >= 15 is 0 Å². The molecule has 0 aromatic heterocycles. The van der Waals surface area contributed by atoms with Crippen LogP contribution in [0.4, 0.5) is 4.79 Å². The number of fused-ring (bicyclic) bond motifs is 2. The van der Waals surface area contributed by atoms with Gasteiger partial charge >= 0.3 is 18.0 Å². The molecule has 8 heteroatoms. The Morgan fingerprint density at radius 3 is 2.42 bits per heavy atom. The van der Waals surface area contributed by atoms with Crippen LogP contribution in [-0.4, -0.2) is 58.3 Å². The summed E-state index contributed by atoms with van der Waals surface area (Å²) >= 11 is 0. The SMILES string of the molecule is CC(C)CN(CC(O)C(=O)Oc1ccc2c(c1)CCC2)C(=O)N[C@@H](Cc1ccc2ccccc2c1)C(=O)O. The number of aryl methyl sites for hydroxylation is 2. The molecule has 2 amide bonds.